The standard InChI is InChI=1S/C13H13FN4/c1-2-17-8-11(6-16-17)18-7-9-3-4-10(14)5-12(9)13(18)15/h3-6,8,15H,2,7H2,1H3. The zero-order valence-corrected chi connectivity index (χ0v) is 10.0. The normalized spacial score (nSPS) is 14.1. The Hall–Kier alpha value is -2.17. The number of halogens is 1. The molecule has 5 heteroatoms. The average Bonchev–Trinajstić information content (AvgIpc) is 2.95. The Bertz CT molecular complexity index is 617. The van der Waals surface area contributed by atoms with Crippen LogP contribution < -0.4 is 4.90 Å². The van der Waals surface area contributed by atoms with Crippen molar-refractivity contribution in [1.82, 2.24) is 9.78 Å². The van der Waals surface area contributed by atoms with Crippen LogP contribution >= 0.6 is 0 Å². The first-order valence-corrected chi connectivity index (χ1v) is 5.86. The van der Waals surface area contributed by atoms with Crippen LogP contribution in [0.3, 0.4) is 0 Å². The fourth-order valence-corrected chi connectivity index (χ4v) is 2.19. The quantitative estimate of drug-likeness (QED) is 0.881. The molecule has 0 radical (unpaired) electrons. The molecule has 3 rings (SSSR count). The number of hydrogen-bond acceptors (Lipinski definition) is 2. The molecule has 0 bridgehead atoms. The summed E-state index contributed by atoms with van der Waals surface area (Å²) in [6, 6.07) is 4.59. The summed E-state index contributed by atoms with van der Waals surface area (Å²) in [7, 11) is 0. The third-order valence-electron chi connectivity index (χ3n) is 3.18. The molecule has 0 unspecified atom stereocenters. The molecule has 2 aromatic rings. The van der Waals surface area contributed by atoms with Gasteiger partial charge in [0.25, 0.3) is 0 Å². The third-order valence-corrected chi connectivity index (χ3v) is 3.18. The van der Waals surface area contributed by atoms with E-state index in [4.69, 9.17) is 5.41 Å². The Kier molecular flexibility index (Phi) is 2.40. The maximum absolute atomic E-state index is 13.2. The molecular weight excluding hydrogens is 231 g/mol. The van der Waals surface area contributed by atoms with E-state index >= 15 is 0 Å². The number of rotatable bonds is 2. The van der Waals surface area contributed by atoms with Gasteiger partial charge in [-0.25, -0.2) is 4.39 Å². The predicted octanol–water partition coefficient (Wildman–Crippen LogP) is 2.39. The Morgan fingerprint density at radius 1 is 1.44 bits per heavy atom. The topological polar surface area (TPSA) is 44.9 Å². The van der Waals surface area contributed by atoms with E-state index in [-0.39, 0.29) is 5.82 Å². The van der Waals surface area contributed by atoms with Gasteiger partial charge < -0.3 is 4.90 Å². The maximum Gasteiger partial charge on any atom is 0.133 e. The number of nitrogens with zero attached hydrogens (tertiary/aromatic N) is 3. The van der Waals surface area contributed by atoms with E-state index in [0.29, 0.717) is 17.9 Å². The first-order chi connectivity index (χ1) is 8.69. The van der Waals surface area contributed by atoms with Crippen molar-refractivity contribution in [3.05, 3.63) is 47.5 Å². The molecule has 92 valence electrons. The minimum Gasteiger partial charge on any atom is -0.319 e. The molecule has 0 fully saturated rings. The number of fused-ring (bicyclic) bond motifs is 1. The van der Waals surface area contributed by atoms with Crippen LogP contribution in [-0.2, 0) is 13.1 Å². The highest BCUT2D eigenvalue weighted by Gasteiger charge is 2.26. The average molecular weight is 244 g/mol. The van der Waals surface area contributed by atoms with Crippen LogP contribution in [0.4, 0.5) is 10.1 Å². The SMILES string of the molecule is CCn1cc(N2Cc3ccc(F)cc3C2=N)cn1. The van der Waals surface area contributed by atoms with Crippen LogP contribution in [0.25, 0.3) is 0 Å². The van der Waals surface area contributed by atoms with E-state index in [1.807, 2.05) is 22.7 Å². The van der Waals surface area contributed by atoms with Crippen LogP contribution in [0.15, 0.2) is 30.6 Å². The van der Waals surface area contributed by atoms with E-state index in [1.165, 1.54) is 12.1 Å². The van der Waals surface area contributed by atoms with E-state index in [0.717, 1.165) is 17.8 Å². The van der Waals surface area contributed by atoms with Gasteiger partial charge in [0.15, 0.2) is 0 Å². The Labute approximate surface area is 104 Å². The first-order valence-electron chi connectivity index (χ1n) is 5.86. The molecule has 1 aromatic heterocycles. The van der Waals surface area contributed by atoms with Crippen LogP contribution in [0.2, 0.25) is 0 Å². The van der Waals surface area contributed by atoms with Crippen LogP contribution in [0, 0.1) is 11.2 Å². The van der Waals surface area contributed by atoms with E-state index in [1.54, 1.807) is 12.3 Å². The number of aryl methyl sites for hydroxylation is 1. The fourth-order valence-electron chi connectivity index (χ4n) is 2.19. The second-order valence-corrected chi connectivity index (χ2v) is 4.29. The number of anilines is 1. The summed E-state index contributed by atoms with van der Waals surface area (Å²) in [6.45, 7) is 3.41. The van der Waals surface area contributed by atoms with Gasteiger partial charge in [0, 0.05) is 18.3 Å². The lowest BCUT2D eigenvalue weighted by molar-refractivity contribution is 0.627. The molecule has 18 heavy (non-hydrogen) atoms. The van der Waals surface area contributed by atoms with Gasteiger partial charge in [-0.1, -0.05) is 6.07 Å². The minimum absolute atomic E-state index is 0.301. The van der Waals surface area contributed by atoms with Crippen LogP contribution in [-0.4, -0.2) is 15.6 Å². The highest BCUT2D eigenvalue weighted by Crippen LogP contribution is 2.28. The summed E-state index contributed by atoms with van der Waals surface area (Å²) in [6.07, 6.45) is 3.64. The lowest BCUT2D eigenvalue weighted by atomic mass is 10.1. The molecule has 4 nitrogen and oxygen atoms in total. The third kappa shape index (κ3) is 1.59. The summed E-state index contributed by atoms with van der Waals surface area (Å²) < 4.78 is 15.0. The van der Waals surface area contributed by atoms with E-state index in [9.17, 15) is 4.39 Å². The van der Waals surface area contributed by atoms with Gasteiger partial charge >= 0.3 is 0 Å². The molecule has 0 saturated carbocycles. The van der Waals surface area contributed by atoms with Gasteiger partial charge in [-0.2, -0.15) is 5.10 Å². The second-order valence-electron chi connectivity index (χ2n) is 4.29. The molecule has 0 amide bonds. The maximum atomic E-state index is 13.2. The molecule has 1 N–H and O–H groups in total. The van der Waals surface area contributed by atoms with Crippen molar-refractivity contribution in [2.75, 3.05) is 4.90 Å². The van der Waals surface area contributed by atoms with E-state index in [2.05, 4.69) is 5.10 Å². The molecule has 0 aliphatic carbocycles. The molecule has 1 aromatic carbocycles. The highest BCUT2D eigenvalue weighted by atomic mass is 19.1. The van der Waals surface area contributed by atoms with Crippen molar-refractivity contribution in [2.24, 2.45) is 0 Å². The van der Waals surface area contributed by atoms with Gasteiger partial charge in [0.2, 0.25) is 0 Å². The van der Waals surface area contributed by atoms with Gasteiger partial charge in [-0.3, -0.25) is 10.1 Å². The number of benzene rings is 1. The zero-order chi connectivity index (χ0) is 12.7. The number of amidine groups is 1. The van der Waals surface area contributed by atoms with Crippen molar-refractivity contribution in [1.29, 1.82) is 5.41 Å². The number of nitrogens with one attached hydrogen (secondary N) is 1. The Morgan fingerprint density at radius 3 is 3.00 bits per heavy atom. The predicted molar refractivity (Wildman–Crippen MR) is 67.3 cm³/mol. The van der Waals surface area contributed by atoms with Crippen LogP contribution in [0.1, 0.15) is 18.1 Å². The molecule has 1 aliphatic rings. The summed E-state index contributed by atoms with van der Waals surface area (Å²) in [5.41, 5.74) is 2.52. The van der Waals surface area contributed by atoms with Crippen molar-refractivity contribution in [3.8, 4) is 0 Å². The molecule has 0 spiro atoms. The summed E-state index contributed by atoms with van der Waals surface area (Å²) in [5, 5.41) is 12.3. The summed E-state index contributed by atoms with van der Waals surface area (Å²) in [4.78, 5) is 1.84. The fraction of sp³-hybridized carbons (Fsp3) is 0.231. The molecule has 0 atom stereocenters. The molecule has 0 saturated heterocycles. The zero-order valence-electron chi connectivity index (χ0n) is 10.0. The van der Waals surface area contributed by atoms with Gasteiger partial charge in [0.1, 0.15) is 11.7 Å². The lowest BCUT2D eigenvalue weighted by Gasteiger charge is -2.14. The molecule has 2 heterocycles. The van der Waals surface area contributed by atoms with Crippen molar-refractivity contribution >= 4 is 11.5 Å². The minimum atomic E-state index is -0.301. The molecule has 1 aliphatic heterocycles. The first kappa shape index (κ1) is 11.0. The van der Waals surface area contributed by atoms with Crippen molar-refractivity contribution in [3.63, 3.8) is 0 Å². The highest BCUT2D eigenvalue weighted by molar-refractivity contribution is 6.11. The molecular formula is C13H13FN4. The Balaban J connectivity index is 1.96. The van der Waals surface area contributed by atoms with Gasteiger partial charge in [0.05, 0.1) is 18.4 Å². The monoisotopic (exact) mass is 244 g/mol. The lowest BCUT2D eigenvalue weighted by Crippen LogP contribution is -2.22. The van der Waals surface area contributed by atoms with Crippen molar-refractivity contribution < 1.29 is 4.39 Å². The largest absolute Gasteiger partial charge is 0.319 e. The summed E-state index contributed by atoms with van der Waals surface area (Å²) >= 11 is 0. The van der Waals surface area contributed by atoms with Gasteiger partial charge in [-0.15, -0.1) is 0 Å². The second kappa shape index (κ2) is 3.94. The van der Waals surface area contributed by atoms with Crippen molar-refractivity contribution in [2.45, 2.75) is 20.0 Å². The van der Waals surface area contributed by atoms with E-state index < -0.39 is 0 Å². The van der Waals surface area contributed by atoms with Crippen LogP contribution in [0.5, 0.6) is 0 Å². The van der Waals surface area contributed by atoms with Gasteiger partial charge in [-0.05, 0) is 24.6 Å². The number of hydrogen-bond donors (Lipinski definition) is 1. The number of aromatic nitrogens is 2. The smallest absolute Gasteiger partial charge is 0.133 e. The summed E-state index contributed by atoms with van der Waals surface area (Å²) in [5.74, 6) is 0.0322. The Morgan fingerprint density at radius 2 is 2.28 bits per heavy atom.